The molecule has 0 radical (unpaired) electrons. The molecule has 1 aromatic heterocycles. The Hall–Kier alpha value is -1.16. The lowest BCUT2D eigenvalue weighted by atomic mass is 10.1. The molecule has 0 fully saturated rings. The van der Waals surface area contributed by atoms with Crippen molar-refractivity contribution in [1.82, 2.24) is 9.97 Å². The summed E-state index contributed by atoms with van der Waals surface area (Å²) in [6, 6.07) is 2.32. The highest BCUT2D eigenvalue weighted by molar-refractivity contribution is 5.36. The largest absolute Gasteiger partial charge is 0.366 e. The van der Waals surface area contributed by atoms with Crippen LogP contribution in [0, 0.1) is 0 Å². The second-order valence-electron chi connectivity index (χ2n) is 4.70. The van der Waals surface area contributed by atoms with Crippen molar-refractivity contribution in [2.75, 3.05) is 11.9 Å². The summed E-state index contributed by atoms with van der Waals surface area (Å²) in [6.45, 7) is 7.09. The van der Waals surface area contributed by atoms with Crippen LogP contribution in [0.5, 0.6) is 0 Å². The minimum atomic E-state index is 0.310. The van der Waals surface area contributed by atoms with Crippen LogP contribution in [-0.4, -0.2) is 22.6 Å². The van der Waals surface area contributed by atoms with E-state index < -0.39 is 0 Å². The Balaban J connectivity index is 2.62. The van der Waals surface area contributed by atoms with Crippen LogP contribution >= 0.6 is 0 Å². The summed E-state index contributed by atoms with van der Waals surface area (Å²) in [5.74, 6) is 1.31. The summed E-state index contributed by atoms with van der Waals surface area (Å²) in [5.41, 5.74) is 6.82. The Kier molecular flexibility index (Phi) is 5.91. The number of unbranched alkanes of at least 4 members (excludes halogenated alkanes) is 1. The van der Waals surface area contributed by atoms with Gasteiger partial charge in [0.05, 0.1) is 0 Å². The van der Waals surface area contributed by atoms with E-state index >= 15 is 0 Å². The van der Waals surface area contributed by atoms with E-state index in [9.17, 15) is 0 Å². The summed E-state index contributed by atoms with van der Waals surface area (Å²) < 4.78 is 0. The molecule has 4 heteroatoms. The Bertz CT molecular complexity index is 325. The summed E-state index contributed by atoms with van der Waals surface area (Å²) in [4.78, 5) is 8.49. The van der Waals surface area contributed by atoms with E-state index in [1.54, 1.807) is 6.33 Å². The number of rotatable bonds is 7. The van der Waals surface area contributed by atoms with E-state index in [1.807, 2.05) is 6.07 Å². The number of hydrogen-bond acceptors (Lipinski definition) is 4. The van der Waals surface area contributed by atoms with E-state index in [2.05, 4.69) is 36.1 Å². The molecule has 0 saturated carbocycles. The average molecular weight is 236 g/mol. The highest BCUT2D eigenvalue weighted by atomic mass is 15.0. The third kappa shape index (κ3) is 4.69. The summed E-state index contributed by atoms with van der Waals surface area (Å²) in [6.07, 6.45) is 5.09. The van der Waals surface area contributed by atoms with Crippen molar-refractivity contribution in [3.05, 3.63) is 18.1 Å². The number of nitrogens with zero attached hydrogens (tertiary/aromatic N) is 2. The molecule has 96 valence electrons. The predicted octanol–water partition coefficient (Wildman–Crippen LogP) is 2.53. The van der Waals surface area contributed by atoms with Gasteiger partial charge in [0.25, 0.3) is 0 Å². The fourth-order valence-corrected chi connectivity index (χ4v) is 1.68. The number of hydrogen-bond donors (Lipinski definition) is 2. The van der Waals surface area contributed by atoms with Gasteiger partial charge in [-0.1, -0.05) is 33.6 Å². The maximum absolute atomic E-state index is 5.75. The first kappa shape index (κ1) is 13.9. The molecule has 1 aromatic rings. The van der Waals surface area contributed by atoms with Gasteiger partial charge in [0, 0.05) is 24.3 Å². The lowest BCUT2D eigenvalue weighted by Crippen LogP contribution is -2.29. The van der Waals surface area contributed by atoms with E-state index in [0.717, 1.165) is 17.9 Å². The fourth-order valence-electron chi connectivity index (χ4n) is 1.68. The van der Waals surface area contributed by atoms with Crippen LogP contribution in [0.3, 0.4) is 0 Å². The first-order valence-corrected chi connectivity index (χ1v) is 6.45. The van der Waals surface area contributed by atoms with Crippen LogP contribution in [0.4, 0.5) is 5.82 Å². The van der Waals surface area contributed by atoms with Crippen LogP contribution in [0.25, 0.3) is 0 Å². The standard InChI is InChI=1S/C13H24N4/c1-4-5-6-11(8-14)17-13-7-12(10(2)3)15-9-16-13/h7,9-11H,4-6,8,14H2,1-3H3,(H,15,16,17). The quantitative estimate of drug-likeness (QED) is 0.763. The van der Waals surface area contributed by atoms with Crippen molar-refractivity contribution in [3.8, 4) is 0 Å². The molecule has 0 aliphatic rings. The Morgan fingerprint density at radius 1 is 1.35 bits per heavy atom. The number of nitrogens with one attached hydrogen (secondary N) is 1. The number of aromatic nitrogens is 2. The number of anilines is 1. The molecule has 0 bridgehead atoms. The van der Waals surface area contributed by atoms with E-state index in [-0.39, 0.29) is 0 Å². The molecule has 1 atom stereocenters. The van der Waals surface area contributed by atoms with Gasteiger partial charge in [-0.25, -0.2) is 9.97 Å². The molecule has 0 aliphatic carbocycles. The van der Waals surface area contributed by atoms with Crippen molar-refractivity contribution in [1.29, 1.82) is 0 Å². The average Bonchev–Trinajstić information content (AvgIpc) is 2.34. The van der Waals surface area contributed by atoms with Crippen molar-refractivity contribution in [2.24, 2.45) is 5.73 Å². The van der Waals surface area contributed by atoms with Crippen LogP contribution in [0.2, 0.25) is 0 Å². The zero-order valence-corrected chi connectivity index (χ0v) is 11.1. The normalized spacial score (nSPS) is 12.8. The van der Waals surface area contributed by atoms with Crippen LogP contribution in [-0.2, 0) is 0 Å². The highest BCUT2D eigenvalue weighted by Gasteiger charge is 2.08. The van der Waals surface area contributed by atoms with Gasteiger partial charge in [-0.15, -0.1) is 0 Å². The van der Waals surface area contributed by atoms with Crippen molar-refractivity contribution in [2.45, 2.75) is 52.0 Å². The minimum Gasteiger partial charge on any atom is -0.366 e. The fraction of sp³-hybridized carbons (Fsp3) is 0.692. The van der Waals surface area contributed by atoms with Gasteiger partial charge in [-0.3, -0.25) is 0 Å². The zero-order chi connectivity index (χ0) is 12.7. The SMILES string of the molecule is CCCCC(CN)Nc1cc(C(C)C)ncn1. The molecule has 0 saturated heterocycles. The third-order valence-electron chi connectivity index (χ3n) is 2.82. The van der Waals surface area contributed by atoms with Crippen LogP contribution in [0.15, 0.2) is 12.4 Å². The van der Waals surface area contributed by atoms with Gasteiger partial charge in [0.1, 0.15) is 12.1 Å². The molecule has 0 aliphatic heterocycles. The van der Waals surface area contributed by atoms with Crippen LogP contribution in [0.1, 0.15) is 51.6 Å². The molecule has 17 heavy (non-hydrogen) atoms. The molecule has 0 amide bonds. The van der Waals surface area contributed by atoms with Gasteiger partial charge >= 0.3 is 0 Å². The first-order valence-electron chi connectivity index (χ1n) is 6.45. The summed E-state index contributed by atoms with van der Waals surface area (Å²) in [5, 5.41) is 3.38. The summed E-state index contributed by atoms with van der Waals surface area (Å²) in [7, 11) is 0. The predicted molar refractivity (Wildman–Crippen MR) is 72.1 cm³/mol. The van der Waals surface area contributed by atoms with E-state index in [4.69, 9.17) is 5.73 Å². The van der Waals surface area contributed by atoms with Crippen molar-refractivity contribution < 1.29 is 0 Å². The second kappa shape index (κ2) is 7.22. The monoisotopic (exact) mass is 236 g/mol. The van der Waals surface area contributed by atoms with Gasteiger partial charge in [-0.05, 0) is 12.3 Å². The molecule has 1 heterocycles. The molecule has 3 N–H and O–H groups in total. The maximum atomic E-state index is 5.75. The molecule has 1 unspecified atom stereocenters. The lowest BCUT2D eigenvalue weighted by Gasteiger charge is -2.17. The Morgan fingerprint density at radius 3 is 2.71 bits per heavy atom. The molecule has 0 aromatic carbocycles. The third-order valence-corrected chi connectivity index (χ3v) is 2.82. The van der Waals surface area contributed by atoms with Gasteiger partial charge in [0.15, 0.2) is 0 Å². The molecular formula is C13H24N4. The van der Waals surface area contributed by atoms with Crippen molar-refractivity contribution in [3.63, 3.8) is 0 Å². The maximum Gasteiger partial charge on any atom is 0.129 e. The van der Waals surface area contributed by atoms with E-state index in [0.29, 0.717) is 18.5 Å². The lowest BCUT2D eigenvalue weighted by molar-refractivity contribution is 0.612. The van der Waals surface area contributed by atoms with Gasteiger partial charge < -0.3 is 11.1 Å². The second-order valence-corrected chi connectivity index (χ2v) is 4.70. The smallest absolute Gasteiger partial charge is 0.129 e. The first-order chi connectivity index (χ1) is 8.17. The molecule has 0 spiro atoms. The Labute approximate surface area is 104 Å². The van der Waals surface area contributed by atoms with Gasteiger partial charge in [-0.2, -0.15) is 0 Å². The molecule has 4 nitrogen and oxygen atoms in total. The molecule has 1 rings (SSSR count). The highest BCUT2D eigenvalue weighted by Crippen LogP contribution is 2.15. The topological polar surface area (TPSA) is 63.8 Å². The number of nitrogens with two attached hydrogens (primary N) is 1. The van der Waals surface area contributed by atoms with Gasteiger partial charge in [0.2, 0.25) is 0 Å². The molecular weight excluding hydrogens is 212 g/mol. The Morgan fingerprint density at radius 2 is 2.12 bits per heavy atom. The summed E-state index contributed by atoms with van der Waals surface area (Å²) >= 11 is 0. The van der Waals surface area contributed by atoms with Crippen LogP contribution < -0.4 is 11.1 Å². The zero-order valence-electron chi connectivity index (χ0n) is 11.1. The van der Waals surface area contributed by atoms with E-state index in [1.165, 1.54) is 12.8 Å². The minimum absolute atomic E-state index is 0.310. The van der Waals surface area contributed by atoms with Crippen molar-refractivity contribution >= 4 is 5.82 Å².